The number of hydrogen-bond donors (Lipinski definition) is 2. The topological polar surface area (TPSA) is 135 Å². The average molecular weight is 558 g/mol. The molecule has 0 fully saturated rings. The summed E-state index contributed by atoms with van der Waals surface area (Å²) in [5.74, 6) is 0.468. The first-order valence-corrected chi connectivity index (χ1v) is 14.0. The summed E-state index contributed by atoms with van der Waals surface area (Å²) in [6.07, 6.45) is 0.707. The Hall–Kier alpha value is -4.54. The monoisotopic (exact) mass is 557 g/mol. The minimum Gasteiger partial charge on any atom is -0.356 e. The summed E-state index contributed by atoms with van der Waals surface area (Å²) >= 11 is 0. The van der Waals surface area contributed by atoms with Crippen molar-refractivity contribution >= 4 is 28.7 Å². The smallest absolute Gasteiger partial charge is 0.242 e. The van der Waals surface area contributed by atoms with Gasteiger partial charge in [0, 0.05) is 30.5 Å². The molecular formula is C30H35N7O4. The molecule has 0 saturated carbocycles. The third kappa shape index (κ3) is 6.45. The van der Waals surface area contributed by atoms with E-state index >= 15 is 0 Å². The van der Waals surface area contributed by atoms with Gasteiger partial charge in [-0.05, 0) is 31.4 Å². The Balaban J connectivity index is 1.47. The summed E-state index contributed by atoms with van der Waals surface area (Å²) in [4.78, 5) is 45.9. The maximum atomic E-state index is 13.6. The predicted octanol–water partition coefficient (Wildman–Crippen LogP) is 3.27. The molecule has 0 saturated heterocycles. The standard InChI is InChI=1S/C30H35N7O4/c1-19(2)27-29-33-28(21-10-5-4-6-11-21)34-37(29)17-16-36(15-9-14-25(38)31-20(3)30(40)32-27)26(39)18-23-22-12-7-8-13-24(22)41-35-23/h4-8,10-13,19-20,27H,9,14-18H2,1-3H3,(H,31,38)(H,32,40)/t20-,27+/m1/s1. The number of benzene rings is 2. The molecule has 41 heavy (non-hydrogen) atoms. The molecule has 0 spiro atoms. The molecule has 4 aromatic rings. The maximum absolute atomic E-state index is 13.6. The lowest BCUT2D eigenvalue weighted by Gasteiger charge is -2.27. The van der Waals surface area contributed by atoms with Gasteiger partial charge < -0.3 is 20.1 Å². The molecule has 11 nitrogen and oxygen atoms in total. The van der Waals surface area contributed by atoms with Crippen LogP contribution >= 0.6 is 0 Å². The third-order valence-corrected chi connectivity index (χ3v) is 7.28. The number of carbonyl (C=O) groups excluding carboxylic acids is 3. The van der Waals surface area contributed by atoms with Crippen molar-refractivity contribution in [1.29, 1.82) is 0 Å². The number of rotatable bonds is 4. The van der Waals surface area contributed by atoms with Crippen molar-refractivity contribution in [2.24, 2.45) is 5.92 Å². The van der Waals surface area contributed by atoms with Crippen molar-refractivity contribution in [3.63, 3.8) is 0 Å². The fraction of sp³-hybridized carbons (Fsp3) is 0.400. The van der Waals surface area contributed by atoms with Crippen molar-refractivity contribution < 1.29 is 18.9 Å². The van der Waals surface area contributed by atoms with E-state index in [1.165, 1.54) is 0 Å². The molecule has 214 valence electrons. The van der Waals surface area contributed by atoms with Gasteiger partial charge in [-0.3, -0.25) is 14.4 Å². The van der Waals surface area contributed by atoms with E-state index in [9.17, 15) is 14.4 Å². The third-order valence-electron chi connectivity index (χ3n) is 7.28. The van der Waals surface area contributed by atoms with Gasteiger partial charge >= 0.3 is 0 Å². The van der Waals surface area contributed by atoms with Crippen molar-refractivity contribution in [2.45, 2.75) is 58.7 Å². The highest BCUT2D eigenvalue weighted by Crippen LogP contribution is 2.25. The number of para-hydroxylation sites is 1. The van der Waals surface area contributed by atoms with Gasteiger partial charge in [0.2, 0.25) is 17.7 Å². The van der Waals surface area contributed by atoms with Gasteiger partial charge in [0.15, 0.2) is 17.2 Å². The SMILES string of the molecule is CC(C)[C@@H]1NC(=O)[C@@H](C)NC(=O)CCCN(C(=O)Cc2noc3ccccc23)CCn2nc(-c3ccccc3)nc21. The van der Waals surface area contributed by atoms with Crippen LogP contribution in [0.25, 0.3) is 22.4 Å². The van der Waals surface area contributed by atoms with Gasteiger partial charge in [-0.2, -0.15) is 5.10 Å². The fourth-order valence-electron chi connectivity index (χ4n) is 4.97. The van der Waals surface area contributed by atoms with Crippen LogP contribution in [-0.4, -0.2) is 61.7 Å². The molecule has 3 heterocycles. The molecule has 0 radical (unpaired) electrons. The van der Waals surface area contributed by atoms with E-state index in [0.717, 1.165) is 10.9 Å². The first-order chi connectivity index (χ1) is 19.8. The van der Waals surface area contributed by atoms with Crippen molar-refractivity contribution in [1.82, 2.24) is 35.5 Å². The van der Waals surface area contributed by atoms with Gasteiger partial charge in [-0.15, -0.1) is 0 Å². The van der Waals surface area contributed by atoms with Crippen molar-refractivity contribution in [2.75, 3.05) is 13.1 Å². The summed E-state index contributed by atoms with van der Waals surface area (Å²) in [6.45, 7) is 6.73. The summed E-state index contributed by atoms with van der Waals surface area (Å²) in [7, 11) is 0. The van der Waals surface area contributed by atoms with Crippen LogP contribution in [0.5, 0.6) is 0 Å². The molecular weight excluding hydrogens is 522 g/mol. The normalized spacial score (nSPS) is 19.0. The van der Waals surface area contributed by atoms with E-state index in [1.54, 1.807) is 16.5 Å². The van der Waals surface area contributed by atoms with Gasteiger partial charge in [0.1, 0.15) is 11.7 Å². The number of carbonyl (C=O) groups is 3. The maximum Gasteiger partial charge on any atom is 0.242 e. The van der Waals surface area contributed by atoms with E-state index in [1.807, 2.05) is 68.4 Å². The minimum atomic E-state index is -0.727. The second-order valence-electron chi connectivity index (χ2n) is 10.7. The Labute approximate surface area is 238 Å². The average Bonchev–Trinajstić information content (AvgIpc) is 3.57. The Bertz CT molecular complexity index is 1530. The van der Waals surface area contributed by atoms with Gasteiger partial charge in [-0.25, -0.2) is 9.67 Å². The number of amides is 3. The zero-order valence-corrected chi connectivity index (χ0v) is 23.5. The van der Waals surface area contributed by atoms with Crippen LogP contribution < -0.4 is 10.6 Å². The van der Waals surface area contributed by atoms with E-state index in [4.69, 9.17) is 14.6 Å². The molecule has 2 N–H and O–H groups in total. The van der Waals surface area contributed by atoms with Crippen LogP contribution in [0.15, 0.2) is 59.1 Å². The highest BCUT2D eigenvalue weighted by molar-refractivity contribution is 5.88. The first-order valence-electron chi connectivity index (χ1n) is 14.0. The predicted molar refractivity (Wildman–Crippen MR) is 152 cm³/mol. The molecule has 11 heteroatoms. The molecule has 0 aliphatic carbocycles. The lowest BCUT2D eigenvalue weighted by Crippen LogP contribution is -2.47. The molecule has 3 amide bonds. The molecule has 2 aromatic heterocycles. The van der Waals surface area contributed by atoms with Crippen molar-refractivity contribution in [3.05, 3.63) is 66.1 Å². The number of fused-ring (bicyclic) bond motifs is 2. The molecule has 1 aliphatic heterocycles. The summed E-state index contributed by atoms with van der Waals surface area (Å²) in [5, 5.41) is 15.6. The summed E-state index contributed by atoms with van der Waals surface area (Å²) in [6, 6.07) is 15.9. The molecule has 0 unspecified atom stereocenters. The first kappa shape index (κ1) is 28.0. The van der Waals surface area contributed by atoms with Crippen molar-refractivity contribution in [3.8, 4) is 11.4 Å². The Morgan fingerprint density at radius 1 is 1.02 bits per heavy atom. The lowest BCUT2D eigenvalue weighted by molar-refractivity contribution is -0.131. The second kappa shape index (κ2) is 12.3. The van der Waals surface area contributed by atoms with Crippen LogP contribution in [0.2, 0.25) is 0 Å². The van der Waals surface area contributed by atoms with Crippen LogP contribution in [0.1, 0.15) is 51.2 Å². The zero-order valence-electron chi connectivity index (χ0n) is 23.5. The largest absolute Gasteiger partial charge is 0.356 e. The molecule has 2 aromatic carbocycles. The number of nitrogens with zero attached hydrogens (tertiary/aromatic N) is 5. The van der Waals surface area contributed by atoms with E-state index in [2.05, 4.69) is 15.8 Å². The Morgan fingerprint density at radius 2 is 1.78 bits per heavy atom. The number of aromatic nitrogens is 4. The number of hydrogen-bond acceptors (Lipinski definition) is 7. The Kier molecular flexibility index (Phi) is 8.42. The zero-order chi connectivity index (χ0) is 28.9. The lowest BCUT2D eigenvalue weighted by atomic mass is 10.0. The van der Waals surface area contributed by atoms with Gasteiger partial charge in [0.25, 0.3) is 0 Å². The summed E-state index contributed by atoms with van der Waals surface area (Å²) < 4.78 is 7.19. The van der Waals surface area contributed by atoms with Gasteiger partial charge in [-0.1, -0.05) is 61.5 Å². The quantitative estimate of drug-likeness (QED) is 0.393. The van der Waals surface area contributed by atoms with Crippen LogP contribution in [-0.2, 0) is 27.3 Å². The van der Waals surface area contributed by atoms with Crippen LogP contribution in [0.3, 0.4) is 0 Å². The molecule has 0 bridgehead atoms. The Morgan fingerprint density at radius 3 is 2.56 bits per heavy atom. The van der Waals surface area contributed by atoms with Crippen LogP contribution in [0.4, 0.5) is 0 Å². The van der Waals surface area contributed by atoms with Crippen LogP contribution in [0, 0.1) is 5.92 Å². The van der Waals surface area contributed by atoms with E-state index in [-0.39, 0.29) is 36.5 Å². The van der Waals surface area contributed by atoms with Gasteiger partial charge in [0.05, 0.1) is 19.0 Å². The fourth-order valence-corrected chi connectivity index (χ4v) is 4.97. The second-order valence-corrected chi connectivity index (χ2v) is 10.7. The summed E-state index contributed by atoms with van der Waals surface area (Å²) in [5.41, 5.74) is 2.06. The van der Waals surface area contributed by atoms with E-state index < -0.39 is 12.1 Å². The van der Waals surface area contributed by atoms with E-state index in [0.29, 0.717) is 49.0 Å². The highest BCUT2D eigenvalue weighted by atomic mass is 16.5. The molecule has 1 aliphatic rings. The molecule has 2 atom stereocenters. The minimum absolute atomic E-state index is 0.0143. The number of nitrogens with one attached hydrogen (secondary N) is 2. The highest BCUT2D eigenvalue weighted by Gasteiger charge is 2.29. The molecule has 5 rings (SSSR count).